The normalized spacial score (nSPS) is 28.3. The summed E-state index contributed by atoms with van der Waals surface area (Å²) in [7, 11) is 0. The van der Waals surface area contributed by atoms with Crippen LogP contribution < -0.4 is 5.32 Å². The zero-order valence-corrected chi connectivity index (χ0v) is 11.4. The molecule has 0 radical (unpaired) electrons. The van der Waals surface area contributed by atoms with Crippen LogP contribution in [0, 0.1) is 12.8 Å². The van der Waals surface area contributed by atoms with Crippen LogP contribution in [-0.2, 0) is 6.54 Å². The maximum absolute atomic E-state index is 9.71. The molecule has 1 saturated carbocycles. The van der Waals surface area contributed by atoms with Crippen molar-refractivity contribution in [1.82, 2.24) is 10.3 Å². The number of aryl methyl sites for hydroxylation is 1. The van der Waals surface area contributed by atoms with Gasteiger partial charge in [-0.15, -0.1) is 0 Å². The van der Waals surface area contributed by atoms with E-state index in [1.807, 2.05) is 12.4 Å². The minimum Gasteiger partial charge on any atom is -0.394 e. The summed E-state index contributed by atoms with van der Waals surface area (Å²) in [5.41, 5.74) is 2.30. The number of aromatic nitrogens is 1. The number of aliphatic hydroxyl groups excluding tert-OH is 1. The van der Waals surface area contributed by atoms with Crippen molar-refractivity contribution >= 4 is 0 Å². The van der Waals surface area contributed by atoms with E-state index in [4.69, 9.17) is 0 Å². The zero-order valence-electron chi connectivity index (χ0n) is 11.4. The molecule has 2 unspecified atom stereocenters. The average Bonchev–Trinajstić information content (AvgIpc) is 2.37. The fourth-order valence-corrected chi connectivity index (χ4v) is 3.02. The molecule has 2 rings (SSSR count). The van der Waals surface area contributed by atoms with Crippen LogP contribution in [0.3, 0.4) is 0 Å². The van der Waals surface area contributed by atoms with Gasteiger partial charge in [0.1, 0.15) is 0 Å². The maximum atomic E-state index is 9.71. The first-order valence-corrected chi connectivity index (χ1v) is 6.90. The second kappa shape index (κ2) is 5.81. The van der Waals surface area contributed by atoms with Gasteiger partial charge in [-0.3, -0.25) is 4.98 Å². The number of hydrogen-bond acceptors (Lipinski definition) is 3. The third-order valence-electron chi connectivity index (χ3n) is 3.99. The molecule has 3 heteroatoms. The Hall–Kier alpha value is -0.930. The van der Waals surface area contributed by atoms with Gasteiger partial charge in [0.25, 0.3) is 0 Å². The first-order chi connectivity index (χ1) is 8.63. The lowest BCUT2D eigenvalue weighted by Gasteiger charge is -2.39. The summed E-state index contributed by atoms with van der Waals surface area (Å²) in [4.78, 5) is 4.21. The second-order valence-corrected chi connectivity index (χ2v) is 5.86. The Bertz CT molecular complexity index is 394. The molecule has 0 spiro atoms. The predicted molar refractivity (Wildman–Crippen MR) is 73.3 cm³/mol. The van der Waals surface area contributed by atoms with E-state index >= 15 is 0 Å². The van der Waals surface area contributed by atoms with Crippen LogP contribution in [0.4, 0.5) is 0 Å². The lowest BCUT2D eigenvalue weighted by molar-refractivity contribution is 0.0982. The van der Waals surface area contributed by atoms with Gasteiger partial charge in [-0.2, -0.15) is 0 Å². The van der Waals surface area contributed by atoms with Crippen molar-refractivity contribution in [2.24, 2.45) is 5.92 Å². The highest BCUT2D eigenvalue weighted by atomic mass is 16.3. The third kappa shape index (κ3) is 3.30. The molecule has 1 fully saturated rings. The lowest BCUT2D eigenvalue weighted by atomic mass is 9.77. The van der Waals surface area contributed by atoms with Crippen LogP contribution in [0.1, 0.15) is 43.7 Å². The molecule has 0 aliphatic heterocycles. The van der Waals surface area contributed by atoms with Crippen molar-refractivity contribution in [3.63, 3.8) is 0 Å². The van der Waals surface area contributed by atoms with Gasteiger partial charge in [0.05, 0.1) is 6.61 Å². The molecule has 1 aromatic rings. The summed E-state index contributed by atoms with van der Waals surface area (Å²) in [6.07, 6.45) is 8.41. The van der Waals surface area contributed by atoms with E-state index in [0.29, 0.717) is 5.92 Å². The van der Waals surface area contributed by atoms with Gasteiger partial charge in [-0.05, 0) is 36.8 Å². The van der Waals surface area contributed by atoms with Crippen molar-refractivity contribution < 1.29 is 5.11 Å². The van der Waals surface area contributed by atoms with Gasteiger partial charge in [0.15, 0.2) is 0 Å². The molecular weight excluding hydrogens is 224 g/mol. The standard InChI is InChI=1S/C15H24N2O/c1-12-4-3-5-15(7-12,11-18)17-10-14-6-13(2)8-16-9-14/h6,8-9,12,17-18H,3-5,7,10-11H2,1-2H3. The highest BCUT2D eigenvalue weighted by Crippen LogP contribution is 2.32. The number of rotatable bonds is 4. The molecule has 0 bridgehead atoms. The van der Waals surface area contributed by atoms with Gasteiger partial charge >= 0.3 is 0 Å². The number of pyridine rings is 1. The first kappa shape index (κ1) is 13.5. The maximum Gasteiger partial charge on any atom is 0.0613 e. The fraction of sp³-hybridized carbons (Fsp3) is 0.667. The number of aliphatic hydroxyl groups is 1. The van der Waals surface area contributed by atoms with Crippen LogP contribution in [-0.4, -0.2) is 22.2 Å². The second-order valence-electron chi connectivity index (χ2n) is 5.86. The molecule has 2 N–H and O–H groups in total. The number of nitrogens with one attached hydrogen (secondary N) is 1. The van der Waals surface area contributed by atoms with Crippen molar-refractivity contribution in [2.75, 3.05) is 6.61 Å². The Morgan fingerprint density at radius 2 is 2.33 bits per heavy atom. The van der Waals surface area contributed by atoms with Crippen LogP contribution in [0.5, 0.6) is 0 Å². The highest BCUT2D eigenvalue weighted by molar-refractivity contribution is 5.16. The van der Waals surface area contributed by atoms with Crippen LogP contribution in [0.2, 0.25) is 0 Å². The number of hydrogen-bond donors (Lipinski definition) is 2. The molecular formula is C15H24N2O. The minimum absolute atomic E-state index is 0.0819. The Morgan fingerprint density at radius 1 is 1.50 bits per heavy atom. The molecule has 0 amide bonds. The van der Waals surface area contributed by atoms with Gasteiger partial charge in [-0.25, -0.2) is 0 Å². The molecule has 1 aliphatic carbocycles. The Balaban J connectivity index is 1.98. The Kier molecular flexibility index (Phi) is 4.36. The molecule has 1 aliphatic rings. The van der Waals surface area contributed by atoms with E-state index in [0.717, 1.165) is 19.4 Å². The van der Waals surface area contributed by atoms with E-state index in [9.17, 15) is 5.11 Å². The van der Waals surface area contributed by atoms with Crippen molar-refractivity contribution in [3.05, 3.63) is 29.6 Å². The monoisotopic (exact) mass is 248 g/mol. The molecule has 0 aromatic carbocycles. The van der Waals surface area contributed by atoms with Crippen molar-refractivity contribution in [2.45, 2.75) is 51.6 Å². The molecule has 3 nitrogen and oxygen atoms in total. The quantitative estimate of drug-likeness (QED) is 0.860. The van der Waals surface area contributed by atoms with E-state index in [1.165, 1.54) is 24.0 Å². The minimum atomic E-state index is -0.0819. The molecule has 2 atom stereocenters. The van der Waals surface area contributed by atoms with E-state index < -0.39 is 0 Å². The summed E-state index contributed by atoms with van der Waals surface area (Å²) in [6.45, 7) is 5.36. The lowest BCUT2D eigenvalue weighted by Crippen LogP contribution is -2.51. The first-order valence-electron chi connectivity index (χ1n) is 6.90. The van der Waals surface area contributed by atoms with Crippen molar-refractivity contribution in [3.8, 4) is 0 Å². The predicted octanol–water partition coefficient (Wildman–Crippen LogP) is 2.42. The smallest absolute Gasteiger partial charge is 0.0613 e. The van der Waals surface area contributed by atoms with E-state index in [2.05, 4.69) is 30.2 Å². The highest BCUT2D eigenvalue weighted by Gasteiger charge is 2.33. The molecule has 1 heterocycles. The van der Waals surface area contributed by atoms with E-state index in [-0.39, 0.29) is 12.1 Å². The SMILES string of the molecule is Cc1cncc(CNC2(CO)CCCC(C)C2)c1. The van der Waals surface area contributed by atoms with E-state index in [1.54, 1.807) is 0 Å². The Labute approximate surface area is 110 Å². The molecule has 18 heavy (non-hydrogen) atoms. The molecule has 0 saturated heterocycles. The largest absolute Gasteiger partial charge is 0.394 e. The summed E-state index contributed by atoms with van der Waals surface area (Å²) < 4.78 is 0. The Morgan fingerprint density at radius 3 is 3.00 bits per heavy atom. The third-order valence-corrected chi connectivity index (χ3v) is 3.99. The van der Waals surface area contributed by atoms with Gasteiger partial charge in [0.2, 0.25) is 0 Å². The zero-order chi connectivity index (χ0) is 13.0. The van der Waals surface area contributed by atoms with Crippen LogP contribution >= 0.6 is 0 Å². The fourth-order valence-electron chi connectivity index (χ4n) is 3.02. The summed E-state index contributed by atoms with van der Waals surface area (Å²) in [5.74, 6) is 0.703. The molecule has 1 aromatic heterocycles. The van der Waals surface area contributed by atoms with Crippen molar-refractivity contribution in [1.29, 1.82) is 0 Å². The topological polar surface area (TPSA) is 45.2 Å². The summed E-state index contributed by atoms with van der Waals surface area (Å²) in [6, 6.07) is 2.15. The van der Waals surface area contributed by atoms with Gasteiger partial charge < -0.3 is 10.4 Å². The number of nitrogens with zero attached hydrogens (tertiary/aromatic N) is 1. The molecule has 100 valence electrons. The average molecular weight is 248 g/mol. The van der Waals surface area contributed by atoms with Gasteiger partial charge in [-0.1, -0.05) is 25.8 Å². The summed E-state index contributed by atoms with van der Waals surface area (Å²) in [5, 5.41) is 13.3. The summed E-state index contributed by atoms with van der Waals surface area (Å²) >= 11 is 0. The van der Waals surface area contributed by atoms with Gasteiger partial charge in [0, 0.05) is 24.5 Å². The van der Waals surface area contributed by atoms with Crippen LogP contribution in [0.15, 0.2) is 18.5 Å². The van der Waals surface area contributed by atoms with Crippen LogP contribution in [0.25, 0.3) is 0 Å².